The van der Waals surface area contributed by atoms with Crippen LogP contribution < -0.4 is 5.32 Å². The predicted molar refractivity (Wildman–Crippen MR) is 85.0 cm³/mol. The number of nitrogens with zero attached hydrogens (tertiary/aromatic N) is 1. The molecule has 0 aliphatic heterocycles. The molecule has 21 heavy (non-hydrogen) atoms. The summed E-state index contributed by atoms with van der Waals surface area (Å²) in [5, 5.41) is 14.8. The van der Waals surface area contributed by atoms with Crippen molar-refractivity contribution in [2.75, 3.05) is 0 Å². The average molecular weight is 323 g/mol. The van der Waals surface area contributed by atoms with Crippen LogP contribution in [0.5, 0.6) is 0 Å². The maximum absolute atomic E-state index is 11.0. The fourth-order valence-corrected chi connectivity index (χ4v) is 4.10. The van der Waals surface area contributed by atoms with E-state index >= 15 is 0 Å². The van der Waals surface area contributed by atoms with Crippen molar-refractivity contribution in [1.82, 2.24) is 5.32 Å². The number of fused-ring (bicyclic) bond motifs is 1. The van der Waals surface area contributed by atoms with Crippen molar-refractivity contribution >= 4 is 28.6 Å². The molecule has 0 atom stereocenters. The number of hydrogen-bond acceptors (Lipinski definition) is 4. The van der Waals surface area contributed by atoms with Gasteiger partial charge in [0.05, 0.1) is 4.92 Å². The summed E-state index contributed by atoms with van der Waals surface area (Å²) in [7, 11) is 0. The molecule has 1 aliphatic rings. The fourth-order valence-electron chi connectivity index (χ4n) is 2.67. The van der Waals surface area contributed by atoms with Crippen molar-refractivity contribution in [3.8, 4) is 0 Å². The minimum Gasteiger partial charge on any atom is -0.308 e. The number of benzene rings is 1. The van der Waals surface area contributed by atoms with E-state index in [9.17, 15) is 10.1 Å². The first-order valence-electron chi connectivity index (χ1n) is 6.87. The van der Waals surface area contributed by atoms with Crippen LogP contribution in [0.3, 0.4) is 0 Å². The van der Waals surface area contributed by atoms with Gasteiger partial charge in [0.1, 0.15) is 0 Å². The van der Waals surface area contributed by atoms with Crippen molar-refractivity contribution < 1.29 is 4.92 Å². The Hall–Kier alpha value is -1.43. The van der Waals surface area contributed by atoms with E-state index in [4.69, 9.17) is 11.6 Å². The topological polar surface area (TPSA) is 55.2 Å². The summed E-state index contributed by atoms with van der Waals surface area (Å²) >= 11 is 7.77. The van der Waals surface area contributed by atoms with Gasteiger partial charge in [0.15, 0.2) is 0 Å². The van der Waals surface area contributed by atoms with Gasteiger partial charge in [-0.1, -0.05) is 11.6 Å². The molecule has 0 saturated carbocycles. The first-order chi connectivity index (χ1) is 10.1. The lowest BCUT2D eigenvalue weighted by molar-refractivity contribution is -0.385. The minimum absolute atomic E-state index is 0.112. The third-order valence-electron chi connectivity index (χ3n) is 3.65. The van der Waals surface area contributed by atoms with Crippen LogP contribution in [-0.2, 0) is 25.9 Å². The zero-order chi connectivity index (χ0) is 14.8. The number of hydrogen-bond donors (Lipinski definition) is 1. The van der Waals surface area contributed by atoms with Gasteiger partial charge < -0.3 is 5.32 Å². The molecule has 0 saturated heterocycles. The zero-order valence-corrected chi connectivity index (χ0v) is 13.0. The molecule has 2 aromatic rings. The number of thiophene rings is 1. The molecule has 1 heterocycles. The summed E-state index contributed by atoms with van der Waals surface area (Å²) in [5.74, 6) is 0. The zero-order valence-electron chi connectivity index (χ0n) is 11.4. The summed E-state index contributed by atoms with van der Waals surface area (Å²) in [6, 6.07) is 6.92. The number of nitro groups is 1. The van der Waals surface area contributed by atoms with E-state index in [2.05, 4.69) is 11.4 Å². The van der Waals surface area contributed by atoms with Crippen LogP contribution in [0.4, 0.5) is 5.69 Å². The van der Waals surface area contributed by atoms with Crippen molar-refractivity contribution in [2.24, 2.45) is 0 Å². The van der Waals surface area contributed by atoms with Gasteiger partial charge >= 0.3 is 0 Å². The van der Waals surface area contributed by atoms with Crippen molar-refractivity contribution in [2.45, 2.75) is 32.4 Å². The molecule has 1 aromatic carbocycles. The summed E-state index contributed by atoms with van der Waals surface area (Å²) in [6.07, 6.45) is 3.65. The van der Waals surface area contributed by atoms with Crippen molar-refractivity contribution in [1.29, 1.82) is 0 Å². The molecule has 0 bridgehead atoms. The van der Waals surface area contributed by atoms with E-state index < -0.39 is 0 Å². The van der Waals surface area contributed by atoms with Gasteiger partial charge in [-0.25, -0.2) is 0 Å². The highest BCUT2D eigenvalue weighted by atomic mass is 35.5. The van der Waals surface area contributed by atoms with Gasteiger partial charge in [-0.15, -0.1) is 11.3 Å². The highest BCUT2D eigenvalue weighted by Crippen LogP contribution is 2.30. The summed E-state index contributed by atoms with van der Waals surface area (Å²) in [5.41, 5.74) is 2.21. The van der Waals surface area contributed by atoms with Gasteiger partial charge in [0.2, 0.25) is 0 Å². The van der Waals surface area contributed by atoms with Crippen LogP contribution in [0.2, 0.25) is 5.02 Å². The number of nitrogens with one attached hydrogen (secondary N) is 1. The summed E-state index contributed by atoms with van der Waals surface area (Å²) < 4.78 is 0. The highest BCUT2D eigenvalue weighted by Gasteiger charge is 2.16. The second-order valence-electron chi connectivity index (χ2n) is 5.15. The minimum atomic E-state index is -0.368. The van der Waals surface area contributed by atoms with E-state index in [1.54, 1.807) is 12.1 Å². The lowest BCUT2D eigenvalue weighted by Crippen LogP contribution is -2.13. The smallest absolute Gasteiger partial charge is 0.273 e. The van der Waals surface area contributed by atoms with Crippen LogP contribution in [0.15, 0.2) is 24.3 Å². The fraction of sp³-hybridized carbons (Fsp3) is 0.333. The Bertz CT molecular complexity index is 663. The first kappa shape index (κ1) is 14.5. The van der Waals surface area contributed by atoms with Gasteiger partial charge in [-0.05, 0) is 43.0 Å². The van der Waals surface area contributed by atoms with Crippen LogP contribution in [0, 0.1) is 10.1 Å². The first-order valence-corrected chi connectivity index (χ1v) is 8.07. The van der Waals surface area contributed by atoms with Gasteiger partial charge in [0, 0.05) is 39.5 Å². The Kier molecular flexibility index (Phi) is 4.24. The molecule has 0 unspecified atom stereocenters. The molecule has 110 valence electrons. The summed E-state index contributed by atoms with van der Waals surface area (Å²) in [4.78, 5) is 13.4. The lowest BCUT2D eigenvalue weighted by atomic mass is 10.2. The standard InChI is InChI=1S/C15H15ClN2O2S/c16-12-4-5-14(18(19)20)11(6-12)8-17-9-13-7-10-2-1-3-15(10)21-13/h4-7,17H,1-3,8-9H2. The van der Waals surface area contributed by atoms with Gasteiger partial charge in [-0.2, -0.15) is 0 Å². The van der Waals surface area contributed by atoms with Crippen LogP contribution in [-0.4, -0.2) is 4.92 Å². The number of nitro benzene ring substituents is 1. The maximum atomic E-state index is 11.0. The molecule has 4 nitrogen and oxygen atoms in total. The van der Waals surface area contributed by atoms with E-state index in [0.29, 0.717) is 17.1 Å². The third kappa shape index (κ3) is 3.26. The molecule has 6 heteroatoms. The maximum Gasteiger partial charge on any atom is 0.273 e. The van der Waals surface area contributed by atoms with Crippen molar-refractivity contribution in [3.63, 3.8) is 0 Å². The second kappa shape index (κ2) is 6.13. The number of rotatable bonds is 5. The van der Waals surface area contributed by atoms with Crippen LogP contribution in [0.1, 0.15) is 27.3 Å². The molecule has 1 aliphatic carbocycles. The molecule has 0 fully saturated rings. The third-order valence-corrected chi connectivity index (χ3v) is 5.12. The molecule has 3 rings (SSSR count). The monoisotopic (exact) mass is 322 g/mol. The second-order valence-corrected chi connectivity index (χ2v) is 6.81. The quantitative estimate of drug-likeness (QED) is 0.666. The molecule has 1 aromatic heterocycles. The molecule has 0 amide bonds. The van der Waals surface area contributed by atoms with Crippen LogP contribution in [0.25, 0.3) is 0 Å². The summed E-state index contributed by atoms with van der Waals surface area (Å²) in [6.45, 7) is 1.18. The predicted octanol–water partition coefficient (Wildman–Crippen LogP) is 4.09. The largest absolute Gasteiger partial charge is 0.308 e. The molecular formula is C15H15ClN2O2S. The highest BCUT2D eigenvalue weighted by molar-refractivity contribution is 7.12. The SMILES string of the molecule is O=[N+]([O-])c1ccc(Cl)cc1CNCc1cc2c(s1)CCC2. The Morgan fingerprint density at radius 2 is 2.14 bits per heavy atom. The van der Waals surface area contributed by atoms with E-state index in [1.807, 2.05) is 11.3 Å². The average Bonchev–Trinajstić information content (AvgIpc) is 2.99. The number of halogens is 1. The molecule has 0 radical (unpaired) electrons. The van der Waals surface area contributed by atoms with Gasteiger partial charge in [-0.3, -0.25) is 10.1 Å². The Morgan fingerprint density at radius 3 is 2.90 bits per heavy atom. The Balaban J connectivity index is 1.64. The number of aryl methyl sites for hydroxylation is 2. The Morgan fingerprint density at radius 1 is 1.29 bits per heavy atom. The van der Waals surface area contributed by atoms with E-state index in [0.717, 1.165) is 6.54 Å². The molecule has 0 spiro atoms. The molecule has 1 N–H and O–H groups in total. The Labute approximate surface area is 131 Å². The normalized spacial score (nSPS) is 13.4. The van der Waals surface area contributed by atoms with Crippen LogP contribution >= 0.6 is 22.9 Å². The molecular weight excluding hydrogens is 308 g/mol. The van der Waals surface area contributed by atoms with Crippen molar-refractivity contribution in [3.05, 3.63) is 60.3 Å². The van der Waals surface area contributed by atoms with E-state index in [1.165, 1.54) is 40.6 Å². The van der Waals surface area contributed by atoms with Gasteiger partial charge in [0.25, 0.3) is 5.69 Å². The van der Waals surface area contributed by atoms with E-state index in [-0.39, 0.29) is 10.6 Å². The lowest BCUT2D eigenvalue weighted by Gasteiger charge is -2.05.